The number of rotatable bonds is 5. The van der Waals surface area contributed by atoms with Crippen LogP contribution in [-0.2, 0) is 12.3 Å². The zero-order valence-electron chi connectivity index (χ0n) is 9.92. The Bertz CT molecular complexity index is 530. The van der Waals surface area contributed by atoms with Gasteiger partial charge in [0.15, 0.2) is 5.82 Å². The molecule has 1 aromatic carbocycles. The number of nitrogens with two attached hydrogens (primary N) is 2. The largest absolute Gasteiger partial charge is 0.497 e. The van der Waals surface area contributed by atoms with Gasteiger partial charge in [-0.15, -0.1) is 11.8 Å². The van der Waals surface area contributed by atoms with Gasteiger partial charge >= 0.3 is 0 Å². The minimum atomic E-state index is 0.249. The highest BCUT2D eigenvalue weighted by Gasteiger charge is 2.07. The van der Waals surface area contributed by atoms with Crippen LogP contribution in [-0.4, -0.2) is 17.3 Å². The summed E-state index contributed by atoms with van der Waals surface area (Å²) in [5, 5.41) is 3.82. The summed E-state index contributed by atoms with van der Waals surface area (Å²) in [5.74, 6) is 2.37. The first-order chi connectivity index (χ1) is 8.72. The lowest BCUT2D eigenvalue weighted by atomic mass is 10.3. The summed E-state index contributed by atoms with van der Waals surface area (Å²) in [6.45, 7) is 0.249. The van der Waals surface area contributed by atoms with Crippen LogP contribution in [0.5, 0.6) is 5.75 Å². The summed E-state index contributed by atoms with van der Waals surface area (Å²) in [6, 6.07) is 5.51. The highest BCUT2D eigenvalue weighted by Crippen LogP contribution is 2.30. The molecule has 0 radical (unpaired) electrons. The fourth-order valence-corrected chi connectivity index (χ4v) is 2.18. The Kier molecular flexibility index (Phi) is 4.06. The van der Waals surface area contributed by atoms with Crippen LogP contribution in [0.1, 0.15) is 11.7 Å². The van der Waals surface area contributed by atoms with Crippen molar-refractivity contribution >= 4 is 17.4 Å². The summed E-state index contributed by atoms with van der Waals surface area (Å²) in [7, 11) is 1.62. The van der Waals surface area contributed by atoms with Crippen LogP contribution in [0.3, 0.4) is 0 Å². The molecule has 2 aromatic rings. The summed E-state index contributed by atoms with van der Waals surface area (Å²) >= 11 is 1.52. The van der Waals surface area contributed by atoms with E-state index < -0.39 is 0 Å². The first kappa shape index (κ1) is 12.7. The van der Waals surface area contributed by atoms with Crippen LogP contribution in [0.2, 0.25) is 0 Å². The van der Waals surface area contributed by atoms with Crippen LogP contribution < -0.4 is 16.2 Å². The molecule has 2 rings (SSSR count). The molecule has 6 nitrogen and oxygen atoms in total. The second kappa shape index (κ2) is 5.74. The number of hydrogen-bond donors (Lipinski definition) is 2. The average Bonchev–Trinajstić information content (AvgIpc) is 2.86. The van der Waals surface area contributed by atoms with Crippen LogP contribution in [0.25, 0.3) is 0 Å². The second-order valence-corrected chi connectivity index (χ2v) is 4.52. The van der Waals surface area contributed by atoms with E-state index >= 15 is 0 Å². The second-order valence-electron chi connectivity index (χ2n) is 3.50. The number of nitrogen functional groups attached to an aromatic ring is 1. The molecule has 0 aliphatic rings. The molecule has 7 heteroatoms. The molecule has 0 saturated carbocycles. The Morgan fingerprint density at radius 3 is 2.94 bits per heavy atom. The van der Waals surface area contributed by atoms with Crippen LogP contribution in [0, 0.1) is 0 Å². The lowest BCUT2D eigenvalue weighted by molar-refractivity contribution is 0.376. The van der Waals surface area contributed by atoms with Crippen LogP contribution >= 0.6 is 11.8 Å². The molecule has 0 fully saturated rings. The van der Waals surface area contributed by atoms with Crippen molar-refractivity contribution in [3.63, 3.8) is 0 Å². The average molecular weight is 266 g/mol. The van der Waals surface area contributed by atoms with Gasteiger partial charge in [0.05, 0.1) is 19.4 Å². The van der Waals surface area contributed by atoms with Gasteiger partial charge in [0.1, 0.15) is 5.75 Å². The third kappa shape index (κ3) is 2.93. The summed E-state index contributed by atoms with van der Waals surface area (Å²) in [4.78, 5) is 5.04. The number of benzene rings is 1. The lowest BCUT2D eigenvalue weighted by Gasteiger charge is -2.06. The third-order valence-electron chi connectivity index (χ3n) is 2.26. The van der Waals surface area contributed by atoms with Gasteiger partial charge in [0.2, 0.25) is 5.89 Å². The number of methoxy groups -OCH3 is 1. The normalized spacial score (nSPS) is 10.6. The van der Waals surface area contributed by atoms with Gasteiger partial charge in [0, 0.05) is 10.6 Å². The SMILES string of the molecule is COc1ccc(N)c(SCc2noc(CN)n2)c1. The molecule has 1 heterocycles. The maximum absolute atomic E-state index is 5.88. The number of nitrogens with zero attached hydrogens (tertiary/aromatic N) is 2. The molecule has 0 amide bonds. The summed E-state index contributed by atoms with van der Waals surface area (Å²) in [6.07, 6.45) is 0. The Hall–Kier alpha value is -1.73. The van der Waals surface area contributed by atoms with E-state index in [1.807, 2.05) is 18.2 Å². The predicted molar refractivity (Wildman–Crippen MR) is 69.2 cm³/mol. The first-order valence-corrected chi connectivity index (χ1v) is 6.29. The van der Waals surface area contributed by atoms with Crippen molar-refractivity contribution in [2.45, 2.75) is 17.2 Å². The molecule has 0 unspecified atom stereocenters. The summed E-state index contributed by atoms with van der Waals surface area (Å²) in [5.41, 5.74) is 12.0. The van der Waals surface area contributed by atoms with Gasteiger partial charge < -0.3 is 20.7 Å². The number of anilines is 1. The molecular weight excluding hydrogens is 252 g/mol. The molecule has 96 valence electrons. The van der Waals surface area contributed by atoms with Crippen molar-refractivity contribution in [2.24, 2.45) is 5.73 Å². The van der Waals surface area contributed by atoms with E-state index in [0.29, 0.717) is 23.2 Å². The Labute approximate surface area is 109 Å². The van der Waals surface area contributed by atoms with Crippen LogP contribution in [0.15, 0.2) is 27.6 Å². The molecule has 0 bridgehead atoms. The van der Waals surface area contributed by atoms with Gasteiger partial charge in [-0.3, -0.25) is 0 Å². The number of aromatic nitrogens is 2. The first-order valence-electron chi connectivity index (χ1n) is 5.30. The van der Waals surface area contributed by atoms with E-state index in [2.05, 4.69) is 10.1 Å². The third-order valence-corrected chi connectivity index (χ3v) is 3.33. The van der Waals surface area contributed by atoms with Gasteiger partial charge in [-0.1, -0.05) is 5.16 Å². The predicted octanol–water partition coefficient (Wildman–Crippen LogP) is 1.41. The zero-order chi connectivity index (χ0) is 13.0. The van der Waals surface area contributed by atoms with Crippen molar-refractivity contribution in [1.29, 1.82) is 0 Å². The standard InChI is InChI=1S/C11H14N4O2S/c1-16-7-2-3-8(13)9(4-7)18-6-10-14-11(5-12)17-15-10/h2-4H,5-6,12-13H2,1H3. The van der Waals surface area contributed by atoms with Crippen molar-refractivity contribution in [3.05, 3.63) is 29.9 Å². The maximum Gasteiger partial charge on any atom is 0.240 e. The lowest BCUT2D eigenvalue weighted by Crippen LogP contribution is -1.96. The molecule has 0 saturated heterocycles. The molecule has 0 atom stereocenters. The van der Waals surface area contributed by atoms with Crippen molar-refractivity contribution in [3.8, 4) is 5.75 Å². The smallest absolute Gasteiger partial charge is 0.240 e. The fraction of sp³-hybridized carbons (Fsp3) is 0.273. The Balaban J connectivity index is 2.05. The summed E-state index contributed by atoms with van der Waals surface area (Å²) < 4.78 is 10.1. The zero-order valence-corrected chi connectivity index (χ0v) is 10.7. The van der Waals surface area contributed by atoms with Gasteiger partial charge in [-0.05, 0) is 18.2 Å². The molecule has 0 spiro atoms. The Morgan fingerprint density at radius 1 is 1.44 bits per heavy atom. The molecule has 1 aromatic heterocycles. The van der Waals surface area contributed by atoms with Gasteiger partial charge in [-0.2, -0.15) is 4.98 Å². The van der Waals surface area contributed by atoms with E-state index in [0.717, 1.165) is 10.6 Å². The maximum atomic E-state index is 5.88. The van der Waals surface area contributed by atoms with E-state index in [1.165, 1.54) is 11.8 Å². The van der Waals surface area contributed by atoms with E-state index in [1.54, 1.807) is 7.11 Å². The van der Waals surface area contributed by atoms with Gasteiger partial charge in [0.25, 0.3) is 0 Å². The minimum absolute atomic E-state index is 0.249. The molecular formula is C11H14N4O2S. The molecule has 4 N–H and O–H groups in total. The van der Waals surface area contributed by atoms with E-state index in [9.17, 15) is 0 Å². The minimum Gasteiger partial charge on any atom is -0.497 e. The number of ether oxygens (including phenoxy) is 1. The van der Waals surface area contributed by atoms with Gasteiger partial charge in [-0.25, -0.2) is 0 Å². The molecule has 0 aliphatic heterocycles. The van der Waals surface area contributed by atoms with Crippen molar-refractivity contribution in [1.82, 2.24) is 10.1 Å². The number of thioether (sulfide) groups is 1. The van der Waals surface area contributed by atoms with Crippen molar-refractivity contribution in [2.75, 3.05) is 12.8 Å². The molecule has 0 aliphatic carbocycles. The Morgan fingerprint density at radius 2 is 2.28 bits per heavy atom. The topological polar surface area (TPSA) is 100 Å². The van der Waals surface area contributed by atoms with E-state index in [-0.39, 0.29) is 6.54 Å². The van der Waals surface area contributed by atoms with Crippen LogP contribution in [0.4, 0.5) is 5.69 Å². The van der Waals surface area contributed by atoms with Crippen molar-refractivity contribution < 1.29 is 9.26 Å². The fourth-order valence-electron chi connectivity index (χ4n) is 1.34. The highest BCUT2D eigenvalue weighted by atomic mass is 32.2. The van der Waals surface area contributed by atoms with E-state index in [4.69, 9.17) is 20.7 Å². The monoisotopic (exact) mass is 266 g/mol. The quantitative estimate of drug-likeness (QED) is 0.623. The number of hydrogen-bond acceptors (Lipinski definition) is 7. The molecule has 18 heavy (non-hydrogen) atoms. The highest BCUT2D eigenvalue weighted by molar-refractivity contribution is 7.98.